The molecule has 2 aromatic rings. The highest BCUT2D eigenvalue weighted by Crippen LogP contribution is 2.12. The quantitative estimate of drug-likeness (QED) is 0.688. The predicted molar refractivity (Wildman–Crippen MR) is 136 cm³/mol. The highest BCUT2D eigenvalue weighted by Gasteiger charge is 2.10. The second-order valence-electron chi connectivity index (χ2n) is 9.39. The van der Waals surface area contributed by atoms with Gasteiger partial charge in [0.05, 0.1) is 0 Å². The molecular formula is C27H42N4O2. The SMILES string of the molecule is CCN1CCCCCn2c(C)cc(=O)n(c2=O)CCCCCN(CC)Cc2ccc(cc2)C1. The first-order chi connectivity index (χ1) is 16.0. The van der Waals surface area contributed by atoms with Crippen molar-refractivity contribution in [3.63, 3.8) is 0 Å². The molecule has 182 valence electrons. The Balaban J connectivity index is 1.74. The standard InChI is InChI=1S/C27H42N4O2/c1-4-28-16-8-6-10-18-30-23(3)20-26(32)31(27(30)33)19-11-7-9-17-29(5-2)22-25-14-12-24(21-28)13-15-25/h12-15,20H,4-11,16-19,21-22H2,1-3H3. The van der Waals surface area contributed by atoms with E-state index in [1.165, 1.54) is 15.7 Å². The highest BCUT2D eigenvalue weighted by atomic mass is 16.2. The molecule has 1 aromatic heterocycles. The fourth-order valence-corrected chi connectivity index (χ4v) is 4.73. The van der Waals surface area contributed by atoms with E-state index in [2.05, 4.69) is 47.9 Å². The lowest BCUT2D eigenvalue weighted by atomic mass is 10.1. The topological polar surface area (TPSA) is 50.5 Å². The van der Waals surface area contributed by atoms with Crippen LogP contribution in [0.15, 0.2) is 39.9 Å². The monoisotopic (exact) mass is 454 g/mol. The molecule has 0 atom stereocenters. The van der Waals surface area contributed by atoms with Gasteiger partial charge in [-0.2, -0.15) is 0 Å². The summed E-state index contributed by atoms with van der Waals surface area (Å²) in [6, 6.07) is 10.8. The molecule has 0 fully saturated rings. The third-order valence-electron chi connectivity index (χ3n) is 6.93. The Labute approximate surface area is 198 Å². The van der Waals surface area contributed by atoms with Crippen molar-refractivity contribution < 1.29 is 0 Å². The molecule has 0 radical (unpaired) electrons. The molecule has 0 amide bonds. The third-order valence-corrected chi connectivity index (χ3v) is 6.93. The Morgan fingerprint density at radius 3 is 1.61 bits per heavy atom. The van der Waals surface area contributed by atoms with Crippen molar-refractivity contribution in [2.45, 2.75) is 85.5 Å². The van der Waals surface area contributed by atoms with Gasteiger partial charge in [0.1, 0.15) is 0 Å². The minimum Gasteiger partial charge on any atom is -0.299 e. The van der Waals surface area contributed by atoms with E-state index in [9.17, 15) is 9.59 Å². The van der Waals surface area contributed by atoms with Crippen LogP contribution in [0.5, 0.6) is 0 Å². The molecule has 0 saturated heterocycles. The number of benzene rings is 1. The Kier molecular flexibility index (Phi) is 9.95. The Bertz CT molecular complexity index is 977. The van der Waals surface area contributed by atoms with Gasteiger partial charge < -0.3 is 0 Å². The molecule has 0 saturated carbocycles. The maximum absolute atomic E-state index is 13.0. The number of rotatable bonds is 2. The van der Waals surface area contributed by atoms with E-state index < -0.39 is 0 Å². The summed E-state index contributed by atoms with van der Waals surface area (Å²) < 4.78 is 3.23. The normalized spacial score (nSPS) is 18.2. The lowest BCUT2D eigenvalue weighted by Gasteiger charge is -2.22. The van der Waals surface area contributed by atoms with Gasteiger partial charge in [0, 0.05) is 37.9 Å². The molecule has 4 rings (SSSR count). The van der Waals surface area contributed by atoms with Gasteiger partial charge in [-0.3, -0.25) is 23.7 Å². The average Bonchev–Trinajstić information content (AvgIpc) is 2.81. The molecule has 3 heterocycles. The maximum atomic E-state index is 13.0. The Morgan fingerprint density at radius 2 is 1.12 bits per heavy atom. The first-order valence-corrected chi connectivity index (χ1v) is 12.9. The number of hydrogen-bond acceptors (Lipinski definition) is 4. The average molecular weight is 455 g/mol. The summed E-state index contributed by atoms with van der Waals surface area (Å²) in [5, 5.41) is 0. The van der Waals surface area contributed by atoms with Gasteiger partial charge in [0.25, 0.3) is 5.56 Å². The number of hydrogen-bond donors (Lipinski definition) is 0. The summed E-state index contributed by atoms with van der Waals surface area (Å²) in [6.45, 7) is 13.6. The van der Waals surface area contributed by atoms with Crippen molar-refractivity contribution in [2.75, 3.05) is 26.2 Å². The fourth-order valence-electron chi connectivity index (χ4n) is 4.73. The lowest BCUT2D eigenvalue weighted by Crippen LogP contribution is -2.40. The summed E-state index contributed by atoms with van der Waals surface area (Å²) in [7, 11) is 0. The van der Waals surface area contributed by atoms with Crippen molar-refractivity contribution in [1.82, 2.24) is 18.9 Å². The molecule has 0 unspecified atom stereocenters. The Hall–Kier alpha value is -2.18. The van der Waals surface area contributed by atoms with Crippen molar-refractivity contribution in [2.24, 2.45) is 0 Å². The second-order valence-corrected chi connectivity index (χ2v) is 9.39. The first kappa shape index (κ1) is 25.4. The van der Waals surface area contributed by atoms with Gasteiger partial charge in [-0.15, -0.1) is 0 Å². The number of fused-ring (bicyclic) bond motifs is 14. The van der Waals surface area contributed by atoms with Crippen LogP contribution in [0.25, 0.3) is 0 Å². The Morgan fingerprint density at radius 1 is 0.667 bits per heavy atom. The summed E-state index contributed by atoms with van der Waals surface area (Å²) in [6.07, 6.45) is 6.10. The lowest BCUT2D eigenvalue weighted by molar-refractivity contribution is 0.270. The van der Waals surface area contributed by atoms with Gasteiger partial charge >= 0.3 is 5.69 Å². The molecule has 0 aliphatic carbocycles. The molecule has 0 spiro atoms. The van der Waals surface area contributed by atoms with Crippen LogP contribution < -0.4 is 11.2 Å². The summed E-state index contributed by atoms with van der Waals surface area (Å²) in [5.41, 5.74) is 3.21. The van der Waals surface area contributed by atoms with Crippen molar-refractivity contribution >= 4 is 0 Å². The smallest absolute Gasteiger partial charge is 0.299 e. The minimum absolute atomic E-state index is 0.141. The number of nitrogens with zero attached hydrogens (tertiary/aromatic N) is 4. The molecule has 6 nitrogen and oxygen atoms in total. The second kappa shape index (κ2) is 12.9. The van der Waals surface area contributed by atoms with E-state index in [1.54, 1.807) is 10.6 Å². The van der Waals surface area contributed by atoms with E-state index in [4.69, 9.17) is 0 Å². The van der Waals surface area contributed by atoms with E-state index in [0.717, 1.165) is 83.5 Å². The van der Waals surface area contributed by atoms with Gasteiger partial charge in [-0.1, -0.05) is 51.0 Å². The van der Waals surface area contributed by atoms with Crippen molar-refractivity contribution in [3.8, 4) is 0 Å². The van der Waals surface area contributed by atoms with Gasteiger partial charge in [0.2, 0.25) is 0 Å². The zero-order valence-corrected chi connectivity index (χ0v) is 20.9. The van der Waals surface area contributed by atoms with Crippen LogP contribution in [-0.4, -0.2) is 45.1 Å². The molecule has 1 aromatic carbocycles. The molecular weight excluding hydrogens is 412 g/mol. The minimum atomic E-state index is -0.163. The number of aromatic nitrogens is 2. The summed E-state index contributed by atoms with van der Waals surface area (Å²) in [5.74, 6) is 0. The highest BCUT2D eigenvalue weighted by molar-refractivity contribution is 5.22. The largest absolute Gasteiger partial charge is 0.331 e. The van der Waals surface area contributed by atoms with Crippen molar-refractivity contribution in [1.29, 1.82) is 0 Å². The predicted octanol–water partition coefficient (Wildman–Crippen LogP) is 4.02. The molecule has 33 heavy (non-hydrogen) atoms. The van der Waals surface area contributed by atoms with Crippen LogP contribution in [0, 0.1) is 6.92 Å². The van der Waals surface area contributed by atoms with Crippen LogP contribution in [0.1, 0.15) is 69.2 Å². The molecule has 2 aliphatic rings. The van der Waals surface area contributed by atoms with Crippen LogP contribution in [-0.2, 0) is 26.2 Å². The van der Waals surface area contributed by atoms with Crippen LogP contribution in [0.3, 0.4) is 0 Å². The van der Waals surface area contributed by atoms with Gasteiger partial charge in [-0.05, 0) is 69.9 Å². The summed E-state index contributed by atoms with van der Waals surface area (Å²) >= 11 is 0. The van der Waals surface area contributed by atoms with Crippen molar-refractivity contribution in [3.05, 3.63) is 68.0 Å². The van der Waals surface area contributed by atoms with E-state index in [0.29, 0.717) is 13.1 Å². The van der Waals surface area contributed by atoms with Gasteiger partial charge in [-0.25, -0.2) is 4.79 Å². The zero-order chi connectivity index (χ0) is 23.6. The van der Waals surface area contributed by atoms with E-state index in [-0.39, 0.29) is 11.2 Å². The zero-order valence-electron chi connectivity index (χ0n) is 20.9. The first-order valence-electron chi connectivity index (χ1n) is 12.9. The van der Waals surface area contributed by atoms with E-state index in [1.807, 2.05) is 6.92 Å². The molecule has 4 bridgehead atoms. The van der Waals surface area contributed by atoms with E-state index >= 15 is 0 Å². The maximum Gasteiger partial charge on any atom is 0.331 e. The molecule has 6 heteroatoms. The number of aryl methyl sites for hydroxylation is 1. The third kappa shape index (κ3) is 7.41. The fraction of sp³-hybridized carbons (Fsp3) is 0.630. The molecule has 0 N–H and O–H groups in total. The summed E-state index contributed by atoms with van der Waals surface area (Å²) in [4.78, 5) is 30.4. The van der Waals surface area contributed by atoms with Crippen LogP contribution >= 0.6 is 0 Å². The van der Waals surface area contributed by atoms with Gasteiger partial charge in [0.15, 0.2) is 0 Å². The van der Waals surface area contributed by atoms with Crippen LogP contribution in [0.2, 0.25) is 0 Å². The van der Waals surface area contributed by atoms with Crippen LogP contribution in [0.4, 0.5) is 0 Å². The molecule has 2 aliphatic heterocycles.